The first-order chi connectivity index (χ1) is 9.58. The third kappa shape index (κ3) is 5.48. The van der Waals surface area contributed by atoms with Crippen LogP contribution < -0.4 is 0 Å². The van der Waals surface area contributed by atoms with Crippen molar-refractivity contribution < 1.29 is 14.3 Å². The van der Waals surface area contributed by atoms with Crippen molar-refractivity contribution in [3.05, 3.63) is 33.4 Å². The predicted molar refractivity (Wildman–Crippen MR) is 86.6 cm³/mol. The minimum Gasteiger partial charge on any atom is -0.466 e. The van der Waals surface area contributed by atoms with Crippen LogP contribution in [-0.4, -0.2) is 36.5 Å². The third-order valence-electron chi connectivity index (χ3n) is 2.76. The Morgan fingerprint density at radius 2 is 1.80 bits per heavy atom. The Morgan fingerprint density at radius 1 is 1.15 bits per heavy atom. The monoisotopic (exact) mass is 389 g/mol. The molecule has 0 bridgehead atoms. The Kier molecular flexibility index (Phi) is 7.58. The Balaban J connectivity index is 2.67. The Morgan fingerprint density at radius 3 is 2.35 bits per heavy atom. The first-order valence-corrected chi connectivity index (χ1v) is 7.86. The van der Waals surface area contributed by atoms with Crippen molar-refractivity contribution in [3.8, 4) is 0 Å². The minimum atomic E-state index is -0.260. The standard InChI is InChI=1S/C15H20INO3/c1-3-10-17(11-9-14(18)20-4-2)15(19)12-5-7-13(16)8-6-12/h5-8H,3-4,9-11H2,1-2H3. The van der Waals surface area contributed by atoms with Crippen LogP contribution in [0.15, 0.2) is 24.3 Å². The summed E-state index contributed by atoms with van der Waals surface area (Å²) in [7, 11) is 0. The average Bonchev–Trinajstić information content (AvgIpc) is 2.44. The zero-order valence-electron chi connectivity index (χ0n) is 11.9. The number of hydrogen-bond donors (Lipinski definition) is 0. The first-order valence-electron chi connectivity index (χ1n) is 6.79. The second kappa shape index (κ2) is 8.94. The SMILES string of the molecule is CCCN(CCC(=O)OCC)C(=O)c1ccc(I)cc1. The van der Waals surface area contributed by atoms with Crippen molar-refractivity contribution in [2.75, 3.05) is 19.7 Å². The first kappa shape index (κ1) is 16.9. The lowest BCUT2D eigenvalue weighted by atomic mass is 10.2. The molecule has 0 atom stereocenters. The summed E-state index contributed by atoms with van der Waals surface area (Å²) in [5, 5.41) is 0. The van der Waals surface area contributed by atoms with Crippen LogP contribution >= 0.6 is 22.6 Å². The van der Waals surface area contributed by atoms with Crippen LogP contribution in [0.1, 0.15) is 37.0 Å². The molecule has 1 aromatic rings. The maximum Gasteiger partial charge on any atom is 0.307 e. The van der Waals surface area contributed by atoms with Gasteiger partial charge in [-0.15, -0.1) is 0 Å². The molecule has 0 heterocycles. The van der Waals surface area contributed by atoms with Crippen molar-refractivity contribution in [2.45, 2.75) is 26.7 Å². The molecule has 0 fully saturated rings. The van der Waals surface area contributed by atoms with Crippen LogP contribution in [0.25, 0.3) is 0 Å². The maximum atomic E-state index is 12.4. The smallest absolute Gasteiger partial charge is 0.307 e. The number of halogens is 1. The molecule has 1 aromatic carbocycles. The molecule has 0 unspecified atom stereocenters. The van der Waals surface area contributed by atoms with Gasteiger partial charge < -0.3 is 9.64 Å². The van der Waals surface area contributed by atoms with E-state index in [4.69, 9.17) is 4.74 Å². The molecule has 0 saturated carbocycles. The molecule has 0 saturated heterocycles. The van der Waals surface area contributed by atoms with Gasteiger partial charge in [-0.25, -0.2) is 0 Å². The zero-order chi connectivity index (χ0) is 15.0. The molecule has 0 radical (unpaired) electrons. The van der Waals surface area contributed by atoms with Crippen molar-refractivity contribution in [3.63, 3.8) is 0 Å². The molecule has 0 aliphatic carbocycles. The molecule has 0 aliphatic rings. The summed E-state index contributed by atoms with van der Waals surface area (Å²) < 4.78 is 5.98. The number of rotatable bonds is 7. The summed E-state index contributed by atoms with van der Waals surface area (Å²) in [6.45, 7) is 5.20. The fourth-order valence-corrected chi connectivity index (χ4v) is 2.18. The van der Waals surface area contributed by atoms with E-state index >= 15 is 0 Å². The zero-order valence-corrected chi connectivity index (χ0v) is 14.1. The normalized spacial score (nSPS) is 10.2. The van der Waals surface area contributed by atoms with Crippen LogP contribution in [0, 0.1) is 3.57 Å². The topological polar surface area (TPSA) is 46.6 Å². The van der Waals surface area contributed by atoms with Gasteiger partial charge in [0, 0.05) is 22.2 Å². The highest BCUT2D eigenvalue weighted by atomic mass is 127. The highest BCUT2D eigenvalue weighted by Gasteiger charge is 2.16. The molecule has 1 amide bonds. The average molecular weight is 389 g/mol. The highest BCUT2D eigenvalue weighted by molar-refractivity contribution is 14.1. The van der Waals surface area contributed by atoms with Crippen molar-refractivity contribution in [1.82, 2.24) is 4.90 Å². The molecule has 4 nitrogen and oxygen atoms in total. The van der Waals surface area contributed by atoms with E-state index in [2.05, 4.69) is 22.6 Å². The van der Waals surface area contributed by atoms with Crippen LogP contribution in [0.3, 0.4) is 0 Å². The minimum absolute atomic E-state index is 0.0347. The molecule has 0 aromatic heterocycles. The second-order valence-electron chi connectivity index (χ2n) is 4.35. The van der Waals surface area contributed by atoms with E-state index in [0.717, 1.165) is 9.99 Å². The van der Waals surface area contributed by atoms with E-state index in [0.29, 0.717) is 25.3 Å². The van der Waals surface area contributed by atoms with Crippen LogP contribution in [0.5, 0.6) is 0 Å². The van der Waals surface area contributed by atoms with Crippen molar-refractivity contribution in [2.24, 2.45) is 0 Å². The van der Waals surface area contributed by atoms with Gasteiger partial charge in [-0.2, -0.15) is 0 Å². The Bertz CT molecular complexity index is 445. The van der Waals surface area contributed by atoms with Crippen molar-refractivity contribution >= 4 is 34.5 Å². The molecule has 0 aliphatic heterocycles. The summed E-state index contributed by atoms with van der Waals surface area (Å²) in [6, 6.07) is 7.45. The number of carbonyl (C=O) groups is 2. The largest absolute Gasteiger partial charge is 0.466 e. The number of esters is 1. The summed E-state index contributed by atoms with van der Waals surface area (Å²) in [5.41, 5.74) is 0.655. The summed E-state index contributed by atoms with van der Waals surface area (Å²) >= 11 is 2.20. The lowest BCUT2D eigenvalue weighted by molar-refractivity contribution is -0.143. The fourth-order valence-electron chi connectivity index (χ4n) is 1.82. The highest BCUT2D eigenvalue weighted by Crippen LogP contribution is 2.10. The molecule has 20 heavy (non-hydrogen) atoms. The number of carbonyl (C=O) groups excluding carboxylic acids is 2. The van der Waals surface area contributed by atoms with Crippen molar-refractivity contribution in [1.29, 1.82) is 0 Å². The number of nitrogens with zero attached hydrogens (tertiary/aromatic N) is 1. The van der Waals surface area contributed by atoms with E-state index in [-0.39, 0.29) is 18.3 Å². The van der Waals surface area contributed by atoms with E-state index in [1.807, 2.05) is 31.2 Å². The Hall–Kier alpha value is -1.11. The lowest BCUT2D eigenvalue weighted by Gasteiger charge is -2.21. The van der Waals surface area contributed by atoms with Gasteiger partial charge in [0.1, 0.15) is 0 Å². The summed E-state index contributed by atoms with van der Waals surface area (Å²) in [4.78, 5) is 25.5. The van der Waals surface area contributed by atoms with E-state index in [1.54, 1.807) is 11.8 Å². The van der Waals surface area contributed by atoms with Gasteiger partial charge in [0.05, 0.1) is 13.0 Å². The lowest BCUT2D eigenvalue weighted by Crippen LogP contribution is -2.34. The van der Waals surface area contributed by atoms with E-state index in [9.17, 15) is 9.59 Å². The molecular formula is C15H20INO3. The third-order valence-corrected chi connectivity index (χ3v) is 3.48. The quantitative estimate of drug-likeness (QED) is 0.532. The van der Waals surface area contributed by atoms with Crippen LogP contribution in [-0.2, 0) is 9.53 Å². The number of hydrogen-bond acceptors (Lipinski definition) is 3. The maximum absolute atomic E-state index is 12.4. The number of ether oxygens (including phenoxy) is 1. The van der Waals surface area contributed by atoms with Gasteiger partial charge in [-0.1, -0.05) is 6.92 Å². The van der Waals surface area contributed by atoms with E-state index in [1.165, 1.54) is 0 Å². The fraction of sp³-hybridized carbons (Fsp3) is 0.467. The molecular weight excluding hydrogens is 369 g/mol. The number of amides is 1. The van der Waals surface area contributed by atoms with Crippen LogP contribution in [0.4, 0.5) is 0 Å². The predicted octanol–water partition coefficient (Wildman–Crippen LogP) is 3.10. The van der Waals surface area contributed by atoms with Gasteiger partial charge in [-0.3, -0.25) is 9.59 Å². The van der Waals surface area contributed by atoms with Crippen LogP contribution in [0.2, 0.25) is 0 Å². The Labute approximate surface area is 133 Å². The molecule has 0 spiro atoms. The van der Waals surface area contributed by atoms with Gasteiger partial charge in [0.25, 0.3) is 5.91 Å². The molecule has 5 heteroatoms. The second-order valence-corrected chi connectivity index (χ2v) is 5.60. The summed E-state index contributed by atoms with van der Waals surface area (Å²) in [5.74, 6) is -0.295. The molecule has 1 rings (SSSR count). The summed E-state index contributed by atoms with van der Waals surface area (Å²) in [6.07, 6.45) is 1.10. The molecule has 110 valence electrons. The molecule has 0 N–H and O–H groups in total. The number of benzene rings is 1. The van der Waals surface area contributed by atoms with E-state index < -0.39 is 0 Å². The van der Waals surface area contributed by atoms with Gasteiger partial charge >= 0.3 is 5.97 Å². The van der Waals surface area contributed by atoms with Gasteiger partial charge in [0.2, 0.25) is 0 Å². The van der Waals surface area contributed by atoms with Gasteiger partial charge in [-0.05, 0) is 60.2 Å². The van der Waals surface area contributed by atoms with Gasteiger partial charge in [0.15, 0.2) is 0 Å².